The predicted molar refractivity (Wildman–Crippen MR) is 234 cm³/mol. The lowest BCUT2D eigenvalue weighted by atomic mass is 9.91. The van der Waals surface area contributed by atoms with Crippen molar-refractivity contribution in [2.45, 2.75) is 13.1 Å². The van der Waals surface area contributed by atoms with Gasteiger partial charge < -0.3 is 0 Å². The van der Waals surface area contributed by atoms with Crippen molar-refractivity contribution in [3.8, 4) is 78.3 Å². The van der Waals surface area contributed by atoms with Crippen molar-refractivity contribution in [1.29, 1.82) is 0 Å². The molecule has 10 rings (SSSR count). The molecule has 0 saturated heterocycles. The van der Waals surface area contributed by atoms with E-state index in [0.29, 0.717) is 0 Å². The highest BCUT2D eigenvalue weighted by atomic mass is 28.3. The quantitative estimate of drug-likeness (QED) is 0.160. The van der Waals surface area contributed by atoms with Crippen LogP contribution in [0.3, 0.4) is 0 Å². The fourth-order valence-electron chi connectivity index (χ4n) is 8.38. The summed E-state index contributed by atoms with van der Waals surface area (Å²) in [5.41, 5.74) is 15.1. The fraction of sp³-hybridized carbons (Fsp3) is 0.0385. The highest BCUT2D eigenvalue weighted by Gasteiger charge is 2.42. The van der Waals surface area contributed by atoms with Crippen molar-refractivity contribution in [2.75, 3.05) is 0 Å². The number of nitrogens with zero attached hydrogens (tertiary/aromatic N) is 2. The first kappa shape index (κ1) is 32.9. The summed E-state index contributed by atoms with van der Waals surface area (Å²) >= 11 is 0. The van der Waals surface area contributed by atoms with Gasteiger partial charge in [-0.15, -0.1) is 0 Å². The van der Waals surface area contributed by atoms with E-state index in [-0.39, 0.29) is 0 Å². The van der Waals surface area contributed by atoms with Crippen LogP contribution >= 0.6 is 0 Å². The predicted octanol–water partition coefficient (Wildman–Crippen LogP) is 12.4. The molecular formula is C52H38N2Si. The summed E-state index contributed by atoms with van der Waals surface area (Å²) in [6.45, 7) is 4.88. The van der Waals surface area contributed by atoms with Gasteiger partial charge in [0.15, 0.2) is 5.82 Å². The summed E-state index contributed by atoms with van der Waals surface area (Å²) in [4.78, 5) is 10.9. The van der Waals surface area contributed by atoms with Crippen LogP contribution in [-0.4, -0.2) is 18.0 Å². The molecule has 3 heteroatoms. The molecule has 55 heavy (non-hydrogen) atoms. The summed E-state index contributed by atoms with van der Waals surface area (Å²) < 4.78 is 0. The van der Waals surface area contributed by atoms with Gasteiger partial charge in [-0.1, -0.05) is 177 Å². The largest absolute Gasteiger partial charge is 0.237 e. The Morgan fingerprint density at radius 1 is 0.345 bits per heavy atom. The number of rotatable bonds is 6. The molecule has 0 atom stereocenters. The van der Waals surface area contributed by atoms with Gasteiger partial charge >= 0.3 is 0 Å². The minimum Gasteiger partial charge on any atom is -0.237 e. The Morgan fingerprint density at radius 2 is 0.800 bits per heavy atom. The van der Waals surface area contributed by atoms with Crippen LogP contribution < -0.4 is 10.5 Å². The molecule has 260 valence electrons. The summed E-state index contributed by atoms with van der Waals surface area (Å²) in [5, 5.41) is 5.16. The molecule has 0 unspecified atom stereocenters. The molecule has 0 fully saturated rings. The van der Waals surface area contributed by atoms with Gasteiger partial charge in [-0.25, -0.2) is 9.97 Å². The van der Waals surface area contributed by atoms with E-state index in [1.807, 2.05) is 0 Å². The Hall–Kier alpha value is -6.68. The van der Waals surface area contributed by atoms with Gasteiger partial charge in [0.1, 0.15) is 8.07 Å². The third-order valence-corrected chi connectivity index (χ3v) is 14.5. The van der Waals surface area contributed by atoms with E-state index >= 15 is 0 Å². The molecule has 0 N–H and O–H groups in total. The van der Waals surface area contributed by atoms with Gasteiger partial charge in [-0.2, -0.15) is 0 Å². The second kappa shape index (κ2) is 13.3. The molecular weight excluding hydrogens is 681 g/mol. The van der Waals surface area contributed by atoms with Crippen molar-refractivity contribution in [3.63, 3.8) is 0 Å². The third-order valence-electron chi connectivity index (χ3n) is 11.2. The minimum absolute atomic E-state index is 0.784. The molecule has 0 radical (unpaired) electrons. The molecule has 0 spiro atoms. The second-order valence-corrected chi connectivity index (χ2v) is 19.3. The summed E-state index contributed by atoms with van der Waals surface area (Å²) in [6, 6.07) is 70.0. The SMILES string of the molecule is C[Si]1(C)c2ccc3ccccc3c2-c2c(-c3cccc(-c4cccc(-c5cc(-c6ccccc6)cc(-c6ccccc6)c5)c4)c3)nc(-c3ccccc3)nc21. The first-order valence-corrected chi connectivity index (χ1v) is 22.0. The molecule has 2 heterocycles. The van der Waals surface area contributed by atoms with Gasteiger partial charge in [0.05, 0.1) is 5.69 Å². The Balaban J connectivity index is 1.14. The van der Waals surface area contributed by atoms with Crippen LogP contribution in [0.5, 0.6) is 0 Å². The first-order valence-electron chi connectivity index (χ1n) is 19.0. The zero-order chi connectivity index (χ0) is 36.9. The van der Waals surface area contributed by atoms with Crippen LogP contribution in [0.2, 0.25) is 13.1 Å². The van der Waals surface area contributed by atoms with Crippen LogP contribution in [0.15, 0.2) is 194 Å². The average Bonchev–Trinajstić information content (AvgIpc) is 3.50. The van der Waals surface area contributed by atoms with Crippen molar-refractivity contribution >= 4 is 29.4 Å². The molecule has 8 aromatic carbocycles. The van der Waals surface area contributed by atoms with Crippen LogP contribution in [-0.2, 0) is 0 Å². The second-order valence-electron chi connectivity index (χ2n) is 15.0. The molecule has 1 aromatic heterocycles. The van der Waals surface area contributed by atoms with E-state index in [0.717, 1.165) is 28.2 Å². The lowest BCUT2D eigenvalue weighted by Crippen LogP contribution is -2.50. The Bertz CT molecular complexity index is 2820. The van der Waals surface area contributed by atoms with E-state index in [4.69, 9.17) is 9.97 Å². The van der Waals surface area contributed by atoms with Crippen molar-refractivity contribution in [1.82, 2.24) is 9.97 Å². The topological polar surface area (TPSA) is 25.8 Å². The zero-order valence-electron chi connectivity index (χ0n) is 30.9. The number of hydrogen-bond donors (Lipinski definition) is 0. The average molecular weight is 719 g/mol. The first-order chi connectivity index (χ1) is 27.0. The lowest BCUT2D eigenvalue weighted by Gasteiger charge is -2.19. The summed E-state index contributed by atoms with van der Waals surface area (Å²) in [7, 11) is -2.16. The highest BCUT2D eigenvalue weighted by Crippen LogP contribution is 2.41. The normalized spacial score (nSPS) is 12.7. The number of aromatic nitrogens is 2. The van der Waals surface area contributed by atoms with Crippen molar-refractivity contribution in [3.05, 3.63) is 194 Å². The molecule has 2 nitrogen and oxygen atoms in total. The van der Waals surface area contributed by atoms with Gasteiger partial charge in [-0.3, -0.25) is 0 Å². The number of fused-ring (bicyclic) bond motifs is 5. The van der Waals surface area contributed by atoms with Gasteiger partial charge in [-0.05, 0) is 96.4 Å². The maximum absolute atomic E-state index is 5.44. The van der Waals surface area contributed by atoms with Gasteiger partial charge in [0, 0.05) is 22.0 Å². The summed E-state index contributed by atoms with van der Waals surface area (Å²) in [5.74, 6) is 0.784. The van der Waals surface area contributed by atoms with Gasteiger partial charge in [0.2, 0.25) is 0 Å². The Labute approximate surface area is 323 Å². The molecule has 9 aromatic rings. The zero-order valence-corrected chi connectivity index (χ0v) is 31.9. The van der Waals surface area contributed by atoms with E-state index in [2.05, 4.69) is 207 Å². The fourth-order valence-corrected chi connectivity index (χ4v) is 11.3. The number of hydrogen-bond acceptors (Lipinski definition) is 2. The van der Waals surface area contributed by atoms with Gasteiger partial charge in [0.25, 0.3) is 0 Å². The number of benzene rings is 8. The van der Waals surface area contributed by atoms with Crippen LogP contribution in [0.25, 0.3) is 89.1 Å². The Morgan fingerprint density at radius 3 is 1.42 bits per heavy atom. The lowest BCUT2D eigenvalue weighted by molar-refractivity contribution is 1.21. The summed E-state index contributed by atoms with van der Waals surface area (Å²) in [6.07, 6.45) is 0. The molecule has 0 amide bonds. The van der Waals surface area contributed by atoms with E-state index in [9.17, 15) is 0 Å². The van der Waals surface area contributed by atoms with E-state index in [1.54, 1.807) is 0 Å². The molecule has 1 aliphatic heterocycles. The van der Waals surface area contributed by atoms with Crippen molar-refractivity contribution < 1.29 is 0 Å². The van der Waals surface area contributed by atoms with Crippen LogP contribution in [0, 0.1) is 0 Å². The van der Waals surface area contributed by atoms with E-state index in [1.165, 1.54) is 71.3 Å². The molecule has 0 bridgehead atoms. The minimum atomic E-state index is -2.16. The third kappa shape index (κ3) is 5.81. The van der Waals surface area contributed by atoms with Crippen molar-refractivity contribution in [2.24, 2.45) is 0 Å². The van der Waals surface area contributed by atoms with Crippen LogP contribution in [0.1, 0.15) is 0 Å². The Kier molecular flexibility index (Phi) is 7.97. The standard InChI is InChI=1S/C52H38N2Si/c1-55(2)47-29-28-37-20-12-13-27-46(37)48(47)49-50(53-51(54-52(49)55)38-21-10-5-11-22-38)42-26-15-24-40(31-42)39-23-14-25-41(30-39)45-33-43(35-16-6-3-7-17-35)32-44(34-45)36-18-8-4-9-19-36/h3-34H,1-2H3. The van der Waals surface area contributed by atoms with E-state index < -0.39 is 8.07 Å². The van der Waals surface area contributed by atoms with Crippen LogP contribution in [0.4, 0.5) is 0 Å². The maximum Gasteiger partial charge on any atom is 0.159 e. The monoisotopic (exact) mass is 718 g/mol. The highest BCUT2D eigenvalue weighted by molar-refractivity contribution is 7.03. The molecule has 1 aliphatic rings. The smallest absolute Gasteiger partial charge is 0.159 e. The maximum atomic E-state index is 5.44. The molecule has 0 aliphatic carbocycles. The molecule has 0 saturated carbocycles.